The van der Waals surface area contributed by atoms with E-state index in [0.29, 0.717) is 0 Å². The highest BCUT2D eigenvalue weighted by Crippen LogP contribution is 2.40. The van der Waals surface area contributed by atoms with E-state index < -0.39 is 0 Å². The van der Waals surface area contributed by atoms with Crippen molar-refractivity contribution in [1.82, 2.24) is 19.1 Å². The van der Waals surface area contributed by atoms with E-state index in [4.69, 9.17) is 9.97 Å². The van der Waals surface area contributed by atoms with Gasteiger partial charge in [0.05, 0.1) is 33.4 Å². The molecule has 0 amide bonds. The molecule has 0 saturated carbocycles. The Balaban J connectivity index is 1.37. The zero-order chi connectivity index (χ0) is 31.3. The van der Waals surface area contributed by atoms with E-state index in [-0.39, 0.29) is 0 Å². The van der Waals surface area contributed by atoms with E-state index in [9.17, 15) is 0 Å². The van der Waals surface area contributed by atoms with Crippen molar-refractivity contribution < 1.29 is 0 Å². The first kappa shape index (κ1) is 27.1. The topological polar surface area (TPSA) is 35.6 Å². The Kier molecular flexibility index (Phi) is 6.32. The fourth-order valence-corrected chi connectivity index (χ4v) is 6.90. The van der Waals surface area contributed by atoms with Gasteiger partial charge in [-0.3, -0.25) is 4.98 Å². The SMILES string of the molecule is Cn1c(-c2ccc3c4cc(-c5ccccc5)ccc4n(-c4cc(-c5ccccn5)ccc4-c4ccccc4)c3c2)nc2ccccc21. The lowest BCUT2D eigenvalue weighted by Crippen LogP contribution is -1.99. The van der Waals surface area contributed by atoms with Crippen LogP contribution < -0.4 is 0 Å². The van der Waals surface area contributed by atoms with Crippen LogP contribution in [0, 0.1) is 0 Å². The number of nitrogens with zero attached hydrogens (tertiary/aromatic N) is 4. The second kappa shape index (κ2) is 11.0. The molecule has 0 aliphatic carbocycles. The zero-order valence-electron chi connectivity index (χ0n) is 25.9. The summed E-state index contributed by atoms with van der Waals surface area (Å²) in [6.07, 6.45) is 1.86. The summed E-state index contributed by atoms with van der Waals surface area (Å²) in [6.45, 7) is 0. The third kappa shape index (κ3) is 4.53. The molecule has 47 heavy (non-hydrogen) atoms. The average Bonchev–Trinajstić information content (AvgIpc) is 3.66. The minimum Gasteiger partial charge on any atom is -0.327 e. The van der Waals surface area contributed by atoms with Gasteiger partial charge in [0.1, 0.15) is 5.82 Å². The minimum absolute atomic E-state index is 0.945. The highest BCUT2D eigenvalue weighted by atomic mass is 15.1. The molecule has 0 unspecified atom stereocenters. The molecule has 0 radical (unpaired) electrons. The predicted molar refractivity (Wildman–Crippen MR) is 195 cm³/mol. The third-order valence-electron chi connectivity index (χ3n) is 9.20. The van der Waals surface area contributed by atoms with Crippen molar-refractivity contribution in [1.29, 1.82) is 0 Å². The van der Waals surface area contributed by atoms with Crippen molar-refractivity contribution in [3.8, 4) is 50.6 Å². The van der Waals surface area contributed by atoms with Crippen molar-refractivity contribution in [2.24, 2.45) is 7.05 Å². The first-order chi connectivity index (χ1) is 23.2. The number of pyridine rings is 1. The molecule has 9 aromatic rings. The van der Waals surface area contributed by atoms with Crippen molar-refractivity contribution >= 4 is 32.8 Å². The molecule has 9 rings (SSSR count). The van der Waals surface area contributed by atoms with E-state index in [1.807, 2.05) is 24.4 Å². The number of fused-ring (bicyclic) bond motifs is 4. The van der Waals surface area contributed by atoms with Crippen LogP contribution in [-0.4, -0.2) is 19.1 Å². The summed E-state index contributed by atoms with van der Waals surface area (Å²) < 4.78 is 4.62. The van der Waals surface area contributed by atoms with Gasteiger partial charge in [0.25, 0.3) is 0 Å². The lowest BCUT2D eigenvalue weighted by Gasteiger charge is -2.16. The Hall–Kier alpha value is -6.26. The largest absolute Gasteiger partial charge is 0.327 e. The van der Waals surface area contributed by atoms with Crippen LogP contribution in [0.4, 0.5) is 0 Å². The van der Waals surface area contributed by atoms with Crippen molar-refractivity contribution in [3.05, 3.63) is 164 Å². The van der Waals surface area contributed by atoms with Crippen LogP contribution in [0.5, 0.6) is 0 Å². The van der Waals surface area contributed by atoms with Gasteiger partial charge < -0.3 is 9.13 Å². The van der Waals surface area contributed by atoms with Crippen LogP contribution in [0.2, 0.25) is 0 Å². The van der Waals surface area contributed by atoms with Gasteiger partial charge >= 0.3 is 0 Å². The highest BCUT2D eigenvalue weighted by Gasteiger charge is 2.20. The second-order valence-electron chi connectivity index (χ2n) is 12.0. The first-order valence-electron chi connectivity index (χ1n) is 15.9. The molecule has 0 atom stereocenters. The quantitative estimate of drug-likeness (QED) is 0.196. The summed E-state index contributed by atoms with van der Waals surface area (Å²) in [5.74, 6) is 0.945. The number of hydrogen-bond acceptors (Lipinski definition) is 2. The number of aromatic nitrogens is 4. The van der Waals surface area contributed by atoms with Crippen LogP contribution in [0.15, 0.2) is 164 Å². The van der Waals surface area contributed by atoms with Gasteiger partial charge in [-0.05, 0) is 65.2 Å². The number of aryl methyl sites for hydroxylation is 1. The molecule has 0 bridgehead atoms. The molecular weight excluding hydrogens is 573 g/mol. The van der Waals surface area contributed by atoms with Crippen LogP contribution in [0.25, 0.3) is 83.4 Å². The van der Waals surface area contributed by atoms with E-state index in [1.54, 1.807) is 0 Å². The second-order valence-corrected chi connectivity index (χ2v) is 12.0. The predicted octanol–water partition coefficient (Wildman–Crippen LogP) is 10.7. The summed E-state index contributed by atoms with van der Waals surface area (Å²) in [5.41, 5.74) is 13.3. The number of rotatable bonds is 5. The van der Waals surface area contributed by atoms with Gasteiger partial charge in [-0.1, -0.05) is 109 Å². The fourth-order valence-electron chi connectivity index (χ4n) is 6.90. The Morgan fingerprint density at radius 3 is 1.98 bits per heavy atom. The fraction of sp³-hybridized carbons (Fsp3) is 0.0233. The molecule has 0 spiro atoms. The van der Waals surface area contributed by atoms with Gasteiger partial charge in [0.2, 0.25) is 0 Å². The van der Waals surface area contributed by atoms with Crippen LogP contribution >= 0.6 is 0 Å². The van der Waals surface area contributed by atoms with Crippen molar-refractivity contribution in [3.63, 3.8) is 0 Å². The molecule has 0 aliphatic rings. The van der Waals surface area contributed by atoms with Gasteiger partial charge in [0.15, 0.2) is 0 Å². The van der Waals surface area contributed by atoms with Crippen molar-refractivity contribution in [2.75, 3.05) is 0 Å². The number of benzene rings is 6. The summed E-state index contributed by atoms with van der Waals surface area (Å²) in [6, 6.07) is 56.0. The van der Waals surface area contributed by atoms with Gasteiger partial charge in [-0.2, -0.15) is 0 Å². The Morgan fingerprint density at radius 1 is 0.468 bits per heavy atom. The van der Waals surface area contributed by atoms with E-state index >= 15 is 0 Å². The molecule has 0 N–H and O–H groups in total. The van der Waals surface area contributed by atoms with Gasteiger partial charge in [-0.25, -0.2) is 4.98 Å². The van der Waals surface area contributed by atoms with Crippen LogP contribution in [-0.2, 0) is 7.05 Å². The Labute approximate surface area is 272 Å². The normalized spacial score (nSPS) is 11.5. The Bertz CT molecular complexity index is 2560. The molecule has 0 saturated heterocycles. The minimum atomic E-state index is 0.945. The van der Waals surface area contributed by atoms with E-state index in [2.05, 4.69) is 156 Å². The summed E-state index contributed by atoms with van der Waals surface area (Å²) in [4.78, 5) is 9.77. The molecule has 3 aromatic heterocycles. The number of para-hydroxylation sites is 2. The summed E-state index contributed by atoms with van der Waals surface area (Å²) >= 11 is 0. The zero-order valence-corrected chi connectivity index (χ0v) is 25.9. The average molecular weight is 603 g/mol. The molecule has 3 heterocycles. The molecule has 0 aliphatic heterocycles. The lowest BCUT2D eigenvalue weighted by atomic mass is 9.99. The third-order valence-corrected chi connectivity index (χ3v) is 9.20. The molecule has 4 nitrogen and oxygen atoms in total. The van der Waals surface area contributed by atoms with Gasteiger partial charge in [0, 0.05) is 40.7 Å². The Morgan fingerprint density at radius 2 is 1.19 bits per heavy atom. The standard InChI is InChI=1S/C43H30N4/c1-46-40-18-9-8-17-38(40)45-43(46)33-20-23-35-36-26-31(29-12-4-2-5-13-29)21-24-39(36)47(42(35)28-33)41-27-32(37-16-10-11-25-44-37)19-22-34(41)30-14-6-3-7-15-30/h2-28H,1H3. The molecule has 6 aromatic carbocycles. The summed E-state index contributed by atoms with van der Waals surface area (Å²) in [5, 5.41) is 2.41. The first-order valence-corrected chi connectivity index (χ1v) is 15.9. The van der Waals surface area contributed by atoms with E-state index in [0.717, 1.165) is 61.5 Å². The number of hydrogen-bond donors (Lipinski definition) is 0. The van der Waals surface area contributed by atoms with E-state index in [1.165, 1.54) is 21.9 Å². The summed E-state index contributed by atoms with van der Waals surface area (Å²) in [7, 11) is 2.10. The van der Waals surface area contributed by atoms with Crippen molar-refractivity contribution in [2.45, 2.75) is 0 Å². The smallest absolute Gasteiger partial charge is 0.140 e. The lowest BCUT2D eigenvalue weighted by molar-refractivity contribution is 0.959. The molecule has 0 fully saturated rings. The maximum absolute atomic E-state index is 5.06. The maximum atomic E-state index is 5.06. The molecular formula is C43H30N4. The maximum Gasteiger partial charge on any atom is 0.140 e. The van der Waals surface area contributed by atoms with Crippen LogP contribution in [0.1, 0.15) is 0 Å². The van der Waals surface area contributed by atoms with Crippen LogP contribution in [0.3, 0.4) is 0 Å². The monoisotopic (exact) mass is 602 g/mol. The van der Waals surface area contributed by atoms with Gasteiger partial charge in [-0.15, -0.1) is 0 Å². The molecule has 222 valence electrons. The number of imidazole rings is 1. The highest BCUT2D eigenvalue weighted by molar-refractivity contribution is 6.12. The molecule has 4 heteroatoms.